The van der Waals surface area contributed by atoms with Crippen molar-refractivity contribution in [3.8, 4) is 0 Å². The molecule has 1 heterocycles. The Balaban J connectivity index is 2.38. The van der Waals surface area contributed by atoms with Crippen LogP contribution in [0.1, 0.15) is 20.8 Å². The topological polar surface area (TPSA) is 79.1 Å². The molecule has 102 valence electrons. The smallest absolute Gasteiger partial charge is 0.327 e. The lowest BCUT2D eigenvalue weighted by molar-refractivity contribution is -0.141. The quantitative estimate of drug-likeness (QED) is 0.430. The summed E-state index contributed by atoms with van der Waals surface area (Å²) < 4.78 is 11.5. The third-order valence-electron chi connectivity index (χ3n) is 1.86. The van der Waals surface area contributed by atoms with Crippen molar-refractivity contribution in [2.45, 2.75) is 38.1 Å². The first-order valence-electron chi connectivity index (χ1n) is 5.52. The van der Waals surface area contributed by atoms with Gasteiger partial charge in [-0.2, -0.15) is 0 Å². The van der Waals surface area contributed by atoms with Gasteiger partial charge in [0.1, 0.15) is 6.54 Å². The number of methoxy groups -OCH3 is 1. The first-order valence-corrected chi connectivity index (χ1v) is 6.50. The first-order chi connectivity index (χ1) is 8.42. The molecule has 0 unspecified atom stereocenters. The van der Waals surface area contributed by atoms with Gasteiger partial charge in [-0.3, -0.25) is 4.79 Å². The third-order valence-corrected chi connectivity index (χ3v) is 2.78. The molecule has 0 bridgehead atoms. The molecule has 0 spiro atoms. The summed E-state index contributed by atoms with van der Waals surface area (Å²) in [4.78, 5) is 11.1. The number of ether oxygens (including phenoxy) is 2. The lowest BCUT2D eigenvalue weighted by Gasteiger charge is -2.18. The molecule has 0 radical (unpaired) electrons. The molecule has 0 amide bonds. The van der Waals surface area contributed by atoms with Gasteiger partial charge in [0, 0.05) is 5.75 Å². The Morgan fingerprint density at radius 1 is 1.44 bits per heavy atom. The highest BCUT2D eigenvalue weighted by Crippen LogP contribution is 2.15. The summed E-state index contributed by atoms with van der Waals surface area (Å²) in [7, 11) is 1.33. The number of tetrazole rings is 1. The zero-order chi connectivity index (χ0) is 13.6. The van der Waals surface area contributed by atoms with Crippen LogP contribution < -0.4 is 0 Å². The van der Waals surface area contributed by atoms with Crippen LogP contribution >= 0.6 is 11.8 Å². The van der Waals surface area contributed by atoms with Crippen molar-refractivity contribution < 1.29 is 14.3 Å². The van der Waals surface area contributed by atoms with Gasteiger partial charge < -0.3 is 9.47 Å². The Bertz CT molecular complexity index is 389. The summed E-state index contributed by atoms with van der Waals surface area (Å²) in [5.74, 6) is 0.342. The molecular weight excluding hydrogens is 256 g/mol. The Hall–Kier alpha value is -1.15. The fraction of sp³-hybridized carbons (Fsp3) is 0.800. The van der Waals surface area contributed by atoms with E-state index in [1.807, 2.05) is 20.8 Å². The van der Waals surface area contributed by atoms with Crippen molar-refractivity contribution in [1.29, 1.82) is 0 Å². The van der Waals surface area contributed by atoms with Crippen molar-refractivity contribution in [2.24, 2.45) is 0 Å². The molecule has 0 saturated carbocycles. The van der Waals surface area contributed by atoms with Crippen LogP contribution in [0.2, 0.25) is 0 Å². The summed E-state index contributed by atoms with van der Waals surface area (Å²) in [6, 6.07) is 0. The minimum atomic E-state index is -0.380. The van der Waals surface area contributed by atoms with Gasteiger partial charge in [0.25, 0.3) is 0 Å². The van der Waals surface area contributed by atoms with E-state index < -0.39 is 0 Å². The van der Waals surface area contributed by atoms with E-state index >= 15 is 0 Å². The van der Waals surface area contributed by atoms with Crippen molar-refractivity contribution >= 4 is 17.7 Å². The van der Waals surface area contributed by atoms with E-state index in [-0.39, 0.29) is 18.1 Å². The number of hydrogen-bond donors (Lipinski definition) is 0. The van der Waals surface area contributed by atoms with E-state index in [9.17, 15) is 4.79 Å². The summed E-state index contributed by atoms with van der Waals surface area (Å²) in [5.41, 5.74) is -0.154. The molecule has 0 aromatic carbocycles. The summed E-state index contributed by atoms with van der Waals surface area (Å²) >= 11 is 1.44. The molecule has 0 aliphatic heterocycles. The number of thioether (sulfide) groups is 1. The number of aromatic nitrogens is 4. The number of esters is 1. The second-order valence-electron chi connectivity index (χ2n) is 4.50. The summed E-state index contributed by atoms with van der Waals surface area (Å²) in [6.45, 7) is 6.61. The molecule has 0 N–H and O–H groups in total. The number of rotatable bonds is 6. The summed E-state index contributed by atoms with van der Waals surface area (Å²) in [6.07, 6.45) is 0. The standard InChI is InChI=1S/C10H18N4O3S/c1-10(2,3)17-5-6-18-9-11-12-13-14(9)7-8(15)16-4/h5-7H2,1-4H3. The van der Waals surface area contributed by atoms with Crippen LogP contribution in [0.15, 0.2) is 5.16 Å². The predicted molar refractivity (Wildman–Crippen MR) is 66.3 cm³/mol. The minimum Gasteiger partial charge on any atom is -0.468 e. The van der Waals surface area contributed by atoms with Crippen LogP contribution in [-0.2, 0) is 20.8 Å². The van der Waals surface area contributed by atoms with Crippen molar-refractivity contribution in [3.05, 3.63) is 0 Å². The molecule has 0 atom stereocenters. The van der Waals surface area contributed by atoms with E-state index in [1.165, 1.54) is 23.6 Å². The first kappa shape index (κ1) is 14.9. The average molecular weight is 274 g/mol. The average Bonchev–Trinajstić information content (AvgIpc) is 2.70. The van der Waals surface area contributed by atoms with Gasteiger partial charge in [-0.05, 0) is 31.2 Å². The van der Waals surface area contributed by atoms with E-state index in [2.05, 4.69) is 20.3 Å². The predicted octanol–water partition coefficient (Wildman–Crippen LogP) is 0.753. The number of carbonyl (C=O) groups is 1. The van der Waals surface area contributed by atoms with E-state index in [0.29, 0.717) is 11.8 Å². The maximum Gasteiger partial charge on any atom is 0.327 e. The maximum atomic E-state index is 11.1. The molecule has 1 rings (SSSR count). The van der Waals surface area contributed by atoms with Gasteiger partial charge in [0.2, 0.25) is 5.16 Å². The Morgan fingerprint density at radius 2 is 2.17 bits per heavy atom. The van der Waals surface area contributed by atoms with Crippen LogP contribution in [0, 0.1) is 0 Å². The van der Waals surface area contributed by atoms with Crippen LogP contribution in [0.25, 0.3) is 0 Å². The zero-order valence-electron chi connectivity index (χ0n) is 11.0. The minimum absolute atomic E-state index is 0.0198. The Kier molecular flexibility index (Phi) is 5.54. The Morgan fingerprint density at radius 3 is 2.78 bits per heavy atom. The molecule has 0 saturated heterocycles. The van der Waals surface area contributed by atoms with Crippen molar-refractivity contribution in [2.75, 3.05) is 19.5 Å². The highest BCUT2D eigenvalue weighted by molar-refractivity contribution is 7.99. The Labute approximate surface area is 110 Å². The second kappa shape index (κ2) is 6.69. The van der Waals surface area contributed by atoms with E-state index in [1.54, 1.807) is 0 Å². The molecule has 7 nitrogen and oxygen atoms in total. The highest BCUT2D eigenvalue weighted by Gasteiger charge is 2.12. The molecule has 0 fully saturated rings. The number of hydrogen-bond acceptors (Lipinski definition) is 7. The molecule has 0 aliphatic rings. The van der Waals surface area contributed by atoms with E-state index in [0.717, 1.165) is 5.75 Å². The lowest BCUT2D eigenvalue weighted by Crippen LogP contribution is -2.20. The van der Waals surface area contributed by atoms with Gasteiger partial charge >= 0.3 is 5.97 Å². The van der Waals surface area contributed by atoms with Gasteiger partial charge in [-0.1, -0.05) is 11.8 Å². The monoisotopic (exact) mass is 274 g/mol. The number of nitrogens with zero attached hydrogens (tertiary/aromatic N) is 4. The largest absolute Gasteiger partial charge is 0.468 e. The van der Waals surface area contributed by atoms with Crippen molar-refractivity contribution in [3.63, 3.8) is 0 Å². The fourth-order valence-corrected chi connectivity index (χ4v) is 1.76. The molecular formula is C10H18N4O3S. The lowest BCUT2D eigenvalue weighted by atomic mass is 10.2. The van der Waals surface area contributed by atoms with Gasteiger partial charge in [-0.15, -0.1) is 5.10 Å². The number of carbonyl (C=O) groups excluding carboxylic acids is 1. The van der Waals surface area contributed by atoms with Crippen LogP contribution in [0.4, 0.5) is 0 Å². The third kappa shape index (κ3) is 5.46. The van der Waals surface area contributed by atoms with Gasteiger partial charge in [0.15, 0.2) is 0 Å². The van der Waals surface area contributed by atoms with Crippen LogP contribution in [-0.4, -0.2) is 51.2 Å². The normalized spacial score (nSPS) is 11.6. The van der Waals surface area contributed by atoms with Crippen LogP contribution in [0.5, 0.6) is 0 Å². The van der Waals surface area contributed by atoms with Gasteiger partial charge in [-0.25, -0.2) is 4.68 Å². The molecule has 18 heavy (non-hydrogen) atoms. The maximum absolute atomic E-state index is 11.1. The molecule has 1 aromatic rings. The van der Waals surface area contributed by atoms with Crippen LogP contribution in [0.3, 0.4) is 0 Å². The molecule has 8 heteroatoms. The SMILES string of the molecule is COC(=O)Cn1nnnc1SCCOC(C)(C)C. The van der Waals surface area contributed by atoms with E-state index in [4.69, 9.17) is 4.74 Å². The van der Waals surface area contributed by atoms with Gasteiger partial charge in [0.05, 0.1) is 19.3 Å². The van der Waals surface area contributed by atoms with Crippen molar-refractivity contribution in [1.82, 2.24) is 20.2 Å². The zero-order valence-corrected chi connectivity index (χ0v) is 11.9. The summed E-state index contributed by atoms with van der Waals surface area (Å²) in [5, 5.41) is 11.7. The molecule has 0 aliphatic carbocycles. The fourth-order valence-electron chi connectivity index (χ4n) is 1.07. The second-order valence-corrected chi connectivity index (χ2v) is 5.57. The highest BCUT2D eigenvalue weighted by atomic mass is 32.2. The molecule has 1 aromatic heterocycles.